The highest BCUT2D eigenvalue weighted by Gasteiger charge is 2.11. The van der Waals surface area contributed by atoms with Gasteiger partial charge in [-0.15, -0.1) is 0 Å². The van der Waals surface area contributed by atoms with E-state index in [9.17, 15) is 4.39 Å². The Hall–Kier alpha value is -1.95. The second kappa shape index (κ2) is 5.59. The summed E-state index contributed by atoms with van der Waals surface area (Å²) < 4.78 is 20.6. The predicted octanol–water partition coefficient (Wildman–Crippen LogP) is 1.51. The second-order valence-corrected chi connectivity index (χ2v) is 3.67. The number of aryl methyl sites for hydroxylation is 1. The minimum absolute atomic E-state index is 0.0608. The highest BCUT2D eigenvalue weighted by Crippen LogP contribution is 2.23. The second-order valence-electron chi connectivity index (χ2n) is 3.67. The Morgan fingerprint density at radius 1 is 1.44 bits per heavy atom. The summed E-state index contributed by atoms with van der Waals surface area (Å²) in [5, 5.41) is 13.1. The zero-order valence-corrected chi connectivity index (χ0v) is 10.0. The van der Waals surface area contributed by atoms with E-state index in [1.165, 1.54) is 18.5 Å². The molecular formula is C12H14FN3O2. The fourth-order valence-corrected chi connectivity index (χ4v) is 1.64. The molecule has 0 aliphatic rings. The van der Waals surface area contributed by atoms with Gasteiger partial charge in [0, 0.05) is 12.1 Å². The van der Waals surface area contributed by atoms with Crippen molar-refractivity contribution in [2.24, 2.45) is 0 Å². The average molecular weight is 251 g/mol. The van der Waals surface area contributed by atoms with Crippen molar-refractivity contribution in [3.63, 3.8) is 0 Å². The van der Waals surface area contributed by atoms with E-state index in [1.54, 1.807) is 10.7 Å². The maximum Gasteiger partial charge on any atom is 0.165 e. The summed E-state index contributed by atoms with van der Waals surface area (Å²) in [6.45, 7) is 2.44. The Kier molecular flexibility index (Phi) is 3.88. The van der Waals surface area contributed by atoms with Crippen LogP contribution < -0.4 is 4.74 Å². The minimum atomic E-state index is -0.496. The van der Waals surface area contributed by atoms with E-state index in [0.29, 0.717) is 17.9 Å². The molecule has 0 spiro atoms. The van der Waals surface area contributed by atoms with Crippen LogP contribution in [0.4, 0.5) is 4.39 Å². The number of ether oxygens (including phenoxy) is 1. The summed E-state index contributed by atoms with van der Waals surface area (Å²) in [4.78, 5) is 4.03. The fraction of sp³-hybridized carbons (Fsp3) is 0.333. The monoisotopic (exact) mass is 251 g/mol. The van der Waals surface area contributed by atoms with Gasteiger partial charge in [-0.25, -0.2) is 14.1 Å². The number of rotatable bonds is 5. The number of hydrogen-bond acceptors (Lipinski definition) is 4. The Labute approximate surface area is 104 Å². The van der Waals surface area contributed by atoms with Gasteiger partial charge in [0.25, 0.3) is 0 Å². The van der Waals surface area contributed by atoms with Crippen LogP contribution in [0.15, 0.2) is 24.5 Å². The zero-order chi connectivity index (χ0) is 13.0. The third-order valence-corrected chi connectivity index (χ3v) is 2.56. The Morgan fingerprint density at radius 2 is 2.28 bits per heavy atom. The lowest BCUT2D eigenvalue weighted by Gasteiger charge is -2.10. The number of aliphatic hydroxyl groups is 1. The third-order valence-electron chi connectivity index (χ3n) is 2.56. The van der Waals surface area contributed by atoms with Crippen LogP contribution in [0.3, 0.4) is 0 Å². The van der Waals surface area contributed by atoms with Crippen LogP contribution in [0, 0.1) is 5.82 Å². The van der Waals surface area contributed by atoms with Crippen LogP contribution >= 0.6 is 0 Å². The minimum Gasteiger partial charge on any atom is -0.482 e. The fourth-order valence-electron chi connectivity index (χ4n) is 1.64. The zero-order valence-electron chi connectivity index (χ0n) is 10.0. The van der Waals surface area contributed by atoms with Gasteiger partial charge in [0.2, 0.25) is 0 Å². The first-order valence-corrected chi connectivity index (χ1v) is 5.64. The first-order valence-electron chi connectivity index (χ1n) is 5.64. The number of aliphatic hydroxyl groups excluding tert-OH is 1. The molecule has 5 nitrogen and oxygen atoms in total. The maximum absolute atomic E-state index is 13.6. The molecule has 0 fully saturated rings. The van der Waals surface area contributed by atoms with Crippen molar-refractivity contribution in [3.8, 4) is 5.75 Å². The number of benzene rings is 1. The van der Waals surface area contributed by atoms with E-state index in [1.807, 2.05) is 6.92 Å². The lowest BCUT2D eigenvalue weighted by Crippen LogP contribution is -2.08. The number of nitrogens with zero attached hydrogens (tertiary/aromatic N) is 3. The summed E-state index contributed by atoms with van der Waals surface area (Å²) in [5.41, 5.74) is 0.414. The molecule has 1 aromatic carbocycles. The van der Waals surface area contributed by atoms with Crippen molar-refractivity contribution < 1.29 is 14.2 Å². The topological polar surface area (TPSA) is 60.2 Å². The molecule has 1 N–H and O–H groups in total. The molecule has 0 aliphatic carbocycles. The first-order chi connectivity index (χ1) is 8.76. The van der Waals surface area contributed by atoms with Crippen molar-refractivity contribution in [2.75, 3.05) is 0 Å². The number of para-hydroxylation sites is 1. The van der Waals surface area contributed by atoms with Gasteiger partial charge >= 0.3 is 0 Å². The van der Waals surface area contributed by atoms with Crippen LogP contribution in [0.5, 0.6) is 5.75 Å². The molecule has 0 aliphatic heterocycles. The summed E-state index contributed by atoms with van der Waals surface area (Å²) >= 11 is 0. The van der Waals surface area contributed by atoms with E-state index >= 15 is 0 Å². The molecule has 2 aromatic rings. The van der Waals surface area contributed by atoms with Gasteiger partial charge in [0.05, 0.1) is 6.61 Å². The molecule has 1 heterocycles. The van der Waals surface area contributed by atoms with Crippen LogP contribution in [0.2, 0.25) is 0 Å². The van der Waals surface area contributed by atoms with Crippen molar-refractivity contribution in [3.05, 3.63) is 41.7 Å². The Bertz CT molecular complexity index is 528. The average Bonchev–Trinajstić information content (AvgIpc) is 2.84. The van der Waals surface area contributed by atoms with Gasteiger partial charge in [0.1, 0.15) is 12.9 Å². The number of aromatic nitrogens is 3. The predicted molar refractivity (Wildman–Crippen MR) is 62.4 cm³/mol. The van der Waals surface area contributed by atoms with Crippen LogP contribution in [-0.2, 0) is 19.8 Å². The van der Waals surface area contributed by atoms with Gasteiger partial charge in [-0.05, 0) is 13.0 Å². The summed E-state index contributed by atoms with van der Waals surface area (Å²) in [6.07, 6.45) is 1.43. The number of hydrogen-bond donors (Lipinski definition) is 1. The smallest absolute Gasteiger partial charge is 0.165 e. The van der Waals surface area contributed by atoms with E-state index in [0.717, 1.165) is 0 Å². The molecule has 0 saturated carbocycles. The number of halogens is 1. The van der Waals surface area contributed by atoms with Crippen molar-refractivity contribution >= 4 is 0 Å². The molecule has 1 aromatic heterocycles. The third kappa shape index (κ3) is 2.48. The van der Waals surface area contributed by atoms with Crippen molar-refractivity contribution in [1.82, 2.24) is 14.8 Å². The molecule has 0 unspecified atom stereocenters. The molecule has 0 radical (unpaired) electrons. The van der Waals surface area contributed by atoms with Crippen LogP contribution in [0.25, 0.3) is 0 Å². The molecule has 0 saturated heterocycles. The molecule has 6 heteroatoms. The lowest BCUT2D eigenvalue weighted by atomic mass is 10.2. The van der Waals surface area contributed by atoms with Gasteiger partial charge in [-0.1, -0.05) is 12.1 Å². The van der Waals surface area contributed by atoms with Gasteiger partial charge in [-0.3, -0.25) is 0 Å². The van der Waals surface area contributed by atoms with Crippen LogP contribution in [0.1, 0.15) is 18.3 Å². The SMILES string of the molecule is CCn1ncnc1COc1c(F)cccc1CO. The Balaban J connectivity index is 2.15. The largest absolute Gasteiger partial charge is 0.482 e. The van der Waals surface area contributed by atoms with Gasteiger partial charge in [0.15, 0.2) is 17.4 Å². The highest BCUT2D eigenvalue weighted by molar-refractivity contribution is 5.34. The summed E-state index contributed by atoms with van der Waals surface area (Å²) in [6, 6.07) is 4.43. The van der Waals surface area contributed by atoms with E-state index in [-0.39, 0.29) is 19.0 Å². The highest BCUT2D eigenvalue weighted by atomic mass is 19.1. The lowest BCUT2D eigenvalue weighted by molar-refractivity contribution is 0.244. The Morgan fingerprint density at radius 3 is 3.00 bits per heavy atom. The molecule has 0 amide bonds. The summed E-state index contributed by atoms with van der Waals surface area (Å²) in [5.74, 6) is 0.180. The summed E-state index contributed by atoms with van der Waals surface area (Å²) in [7, 11) is 0. The normalized spacial score (nSPS) is 10.6. The van der Waals surface area contributed by atoms with Crippen LogP contribution in [-0.4, -0.2) is 19.9 Å². The van der Waals surface area contributed by atoms with Crippen molar-refractivity contribution in [1.29, 1.82) is 0 Å². The standard InChI is InChI=1S/C12H14FN3O2/c1-2-16-11(14-8-15-16)7-18-12-9(6-17)4-3-5-10(12)13/h3-5,8,17H,2,6-7H2,1H3. The molecular weight excluding hydrogens is 237 g/mol. The molecule has 18 heavy (non-hydrogen) atoms. The van der Waals surface area contributed by atoms with E-state index < -0.39 is 5.82 Å². The maximum atomic E-state index is 13.6. The molecule has 0 atom stereocenters. The molecule has 2 rings (SSSR count). The molecule has 96 valence electrons. The molecule has 0 bridgehead atoms. The first kappa shape index (κ1) is 12.5. The quantitative estimate of drug-likeness (QED) is 0.875. The van der Waals surface area contributed by atoms with Crippen molar-refractivity contribution in [2.45, 2.75) is 26.7 Å². The van der Waals surface area contributed by atoms with Gasteiger partial charge in [-0.2, -0.15) is 5.10 Å². The van der Waals surface area contributed by atoms with Gasteiger partial charge < -0.3 is 9.84 Å². The van der Waals surface area contributed by atoms with E-state index in [4.69, 9.17) is 9.84 Å². The van der Waals surface area contributed by atoms with E-state index in [2.05, 4.69) is 10.1 Å².